The minimum Gasteiger partial charge on any atom is -0.456 e. The van der Waals surface area contributed by atoms with Gasteiger partial charge in [-0.25, -0.2) is 0 Å². The fourth-order valence-electron chi connectivity index (χ4n) is 2.29. The molecule has 0 aliphatic heterocycles. The predicted molar refractivity (Wildman–Crippen MR) is 69.1 cm³/mol. The highest BCUT2D eigenvalue weighted by Crippen LogP contribution is 2.39. The van der Waals surface area contributed by atoms with E-state index in [1.807, 2.05) is 12.1 Å². The van der Waals surface area contributed by atoms with E-state index in [-0.39, 0.29) is 16.9 Å². The van der Waals surface area contributed by atoms with Gasteiger partial charge < -0.3 is 4.74 Å². The Morgan fingerprint density at radius 1 is 1.53 bits per heavy atom. The van der Waals surface area contributed by atoms with Crippen LogP contribution < -0.4 is 0 Å². The minimum absolute atomic E-state index is 0.166. The van der Waals surface area contributed by atoms with E-state index in [2.05, 4.69) is 27.8 Å². The topological polar surface area (TPSA) is 39.2 Å². The Balaban J connectivity index is 2.41. The molecule has 0 aromatic carbocycles. The number of halogens is 1. The fourth-order valence-corrected chi connectivity index (χ4v) is 2.95. The number of fused-ring (bicyclic) bond motifs is 1. The molecule has 0 saturated carbocycles. The highest BCUT2D eigenvalue weighted by molar-refractivity contribution is 9.09. The number of aromatic nitrogens is 1. The molecule has 2 rings (SSSR count). The van der Waals surface area contributed by atoms with E-state index < -0.39 is 0 Å². The van der Waals surface area contributed by atoms with E-state index in [4.69, 9.17) is 4.74 Å². The Labute approximate surface area is 110 Å². The van der Waals surface area contributed by atoms with Crippen LogP contribution in [-0.4, -0.2) is 15.8 Å². The van der Waals surface area contributed by atoms with Crippen molar-refractivity contribution in [3.05, 3.63) is 29.6 Å². The summed E-state index contributed by atoms with van der Waals surface area (Å²) in [5.74, 6) is 0.163. The van der Waals surface area contributed by atoms with Crippen LogP contribution in [0, 0.1) is 0 Å². The largest absolute Gasteiger partial charge is 0.456 e. The van der Waals surface area contributed by atoms with Crippen LogP contribution in [0.15, 0.2) is 18.3 Å². The van der Waals surface area contributed by atoms with Crippen molar-refractivity contribution >= 4 is 21.9 Å². The molecule has 3 atom stereocenters. The van der Waals surface area contributed by atoms with Gasteiger partial charge in [0.2, 0.25) is 0 Å². The van der Waals surface area contributed by atoms with Gasteiger partial charge in [-0.15, -0.1) is 0 Å². The van der Waals surface area contributed by atoms with Crippen LogP contribution >= 0.6 is 15.9 Å². The van der Waals surface area contributed by atoms with Gasteiger partial charge in [-0.2, -0.15) is 0 Å². The Morgan fingerprint density at radius 3 is 3.00 bits per heavy atom. The van der Waals surface area contributed by atoms with Crippen molar-refractivity contribution in [2.24, 2.45) is 0 Å². The van der Waals surface area contributed by atoms with E-state index in [0.717, 1.165) is 24.1 Å². The predicted octanol–water partition coefficient (Wildman–Crippen LogP) is 3.35. The quantitative estimate of drug-likeness (QED) is 0.453. The van der Waals surface area contributed by atoms with E-state index in [0.29, 0.717) is 5.92 Å². The second-order valence-electron chi connectivity index (χ2n) is 4.50. The molecule has 0 saturated heterocycles. The van der Waals surface area contributed by atoms with Crippen LogP contribution in [0.3, 0.4) is 0 Å². The molecule has 1 heterocycles. The van der Waals surface area contributed by atoms with Crippen molar-refractivity contribution in [1.29, 1.82) is 0 Å². The summed E-state index contributed by atoms with van der Waals surface area (Å²) < 4.78 is 5.43. The number of rotatable bonds is 1. The Kier molecular flexibility index (Phi) is 3.82. The van der Waals surface area contributed by atoms with Gasteiger partial charge in [0, 0.05) is 18.7 Å². The number of carbonyl (C=O) groups excluding carboxylic acids is 1. The van der Waals surface area contributed by atoms with Crippen LogP contribution in [0.2, 0.25) is 0 Å². The first-order valence-electron chi connectivity index (χ1n) is 5.85. The molecule has 92 valence electrons. The lowest BCUT2D eigenvalue weighted by molar-refractivity contribution is -0.146. The van der Waals surface area contributed by atoms with Crippen molar-refractivity contribution in [1.82, 2.24) is 4.98 Å². The molecule has 0 radical (unpaired) electrons. The Morgan fingerprint density at radius 2 is 2.29 bits per heavy atom. The summed E-state index contributed by atoms with van der Waals surface area (Å²) in [6.45, 7) is 3.62. The molecule has 4 heteroatoms. The van der Waals surface area contributed by atoms with Gasteiger partial charge in [-0.05, 0) is 24.8 Å². The zero-order chi connectivity index (χ0) is 12.4. The standard InChI is InChI=1S/C13H16BrNO2/c1-8-5-6-11(14)13(17-9(2)16)10-4-3-7-15-12(8)10/h3-4,7-8,11,13H,5-6H2,1-2H3. The molecule has 17 heavy (non-hydrogen) atoms. The molecule has 0 N–H and O–H groups in total. The zero-order valence-corrected chi connectivity index (χ0v) is 11.6. The lowest BCUT2D eigenvalue weighted by Gasteiger charge is -2.21. The van der Waals surface area contributed by atoms with E-state index in [1.165, 1.54) is 6.92 Å². The zero-order valence-electron chi connectivity index (χ0n) is 10.0. The first-order valence-corrected chi connectivity index (χ1v) is 6.77. The number of hydrogen-bond acceptors (Lipinski definition) is 3. The van der Waals surface area contributed by atoms with Crippen LogP contribution in [0.25, 0.3) is 0 Å². The maximum absolute atomic E-state index is 11.2. The average Bonchev–Trinajstić information content (AvgIpc) is 2.42. The third-order valence-corrected chi connectivity index (χ3v) is 4.08. The summed E-state index contributed by atoms with van der Waals surface area (Å²) >= 11 is 3.63. The number of hydrogen-bond donors (Lipinski definition) is 0. The number of carbonyl (C=O) groups is 1. The number of nitrogens with zero attached hydrogens (tertiary/aromatic N) is 1. The second-order valence-corrected chi connectivity index (χ2v) is 5.68. The SMILES string of the molecule is CC(=O)OC1c2cccnc2C(C)CCC1Br. The monoisotopic (exact) mass is 297 g/mol. The Hall–Kier alpha value is -0.900. The van der Waals surface area contributed by atoms with Crippen LogP contribution in [0.1, 0.15) is 50.0 Å². The molecule has 1 aromatic heterocycles. The number of alkyl halides is 1. The summed E-state index contributed by atoms with van der Waals surface area (Å²) in [6.07, 6.45) is 3.61. The summed E-state index contributed by atoms with van der Waals surface area (Å²) in [5.41, 5.74) is 2.09. The van der Waals surface area contributed by atoms with Gasteiger partial charge in [0.25, 0.3) is 0 Å². The maximum atomic E-state index is 11.2. The molecule has 1 aliphatic carbocycles. The van der Waals surface area contributed by atoms with Crippen LogP contribution in [-0.2, 0) is 9.53 Å². The molecule has 3 unspecified atom stereocenters. The average molecular weight is 298 g/mol. The van der Waals surface area contributed by atoms with Crippen molar-refractivity contribution in [2.75, 3.05) is 0 Å². The minimum atomic E-state index is -0.246. The molecule has 3 nitrogen and oxygen atoms in total. The Bertz CT molecular complexity index is 422. The van der Waals surface area contributed by atoms with Gasteiger partial charge in [0.15, 0.2) is 0 Å². The highest BCUT2D eigenvalue weighted by atomic mass is 79.9. The molecule has 0 fully saturated rings. The fraction of sp³-hybridized carbons (Fsp3) is 0.538. The van der Waals surface area contributed by atoms with Gasteiger partial charge in [0.05, 0.1) is 10.5 Å². The summed E-state index contributed by atoms with van der Waals surface area (Å²) in [7, 11) is 0. The molecule has 0 amide bonds. The summed E-state index contributed by atoms with van der Waals surface area (Å²) in [4.78, 5) is 15.8. The first-order chi connectivity index (χ1) is 8.09. The highest BCUT2D eigenvalue weighted by Gasteiger charge is 2.31. The van der Waals surface area contributed by atoms with Crippen LogP contribution in [0.4, 0.5) is 0 Å². The first kappa shape index (κ1) is 12.6. The van der Waals surface area contributed by atoms with E-state index in [1.54, 1.807) is 6.20 Å². The number of esters is 1. The lowest BCUT2D eigenvalue weighted by Crippen LogP contribution is -2.18. The van der Waals surface area contributed by atoms with E-state index in [9.17, 15) is 4.79 Å². The third-order valence-electron chi connectivity index (χ3n) is 3.14. The maximum Gasteiger partial charge on any atom is 0.303 e. The number of pyridine rings is 1. The smallest absolute Gasteiger partial charge is 0.303 e. The molecular weight excluding hydrogens is 282 g/mol. The summed E-state index contributed by atoms with van der Waals surface area (Å²) in [6, 6.07) is 3.90. The van der Waals surface area contributed by atoms with Crippen molar-refractivity contribution in [3.8, 4) is 0 Å². The lowest BCUT2D eigenvalue weighted by atomic mass is 10.00. The van der Waals surface area contributed by atoms with Crippen LogP contribution in [0.5, 0.6) is 0 Å². The van der Waals surface area contributed by atoms with Gasteiger partial charge in [-0.3, -0.25) is 9.78 Å². The van der Waals surface area contributed by atoms with Gasteiger partial charge in [0.1, 0.15) is 6.10 Å². The molecule has 0 bridgehead atoms. The second kappa shape index (κ2) is 5.17. The van der Waals surface area contributed by atoms with Gasteiger partial charge in [-0.1, -0.05) is 28.9 Å². The number of ether oxygens (including phenoxy) is 1. The third kappa shape index (κ3) is 2.68. The van der Waals surface area contributed by atoms with Gasteiger partial charge >= 0.3 is 5.97 Å². The normalized spacial score (nSPS) is 28.1. The van der Waals surface area contributed by atoms with E-state index >= 15 is 0 Å². The molecule has 0 spiro atoms. The molecule has 1 aliphatic rings. The van der Waals surface area contributed by atoms with Crippen molar-refractivity contribution in [2.45, 2.75) is 43.5 Å². The molecule has 1 aromatic rings. The molecular formula is C13H16BrNO2. The van der Waals surface area contributed by atoms with Crippen molar-refractivity contribution in [3.63, 3.8) is 0 Å². The van der Waals surface area contributed by atoms with Crippen molar-refractivity contribution < 1.29 is 9.53 Å². The summed E-state index contributed by atoms with van der Waals surface area (Å²) in [5, 5.41) is 0.